The van der Waals surface area contributed by atoms with Crippen molar-refractivity contribution in [1.82, 2.24) is 0 Å². The lowest BCUT2D eigenvalue weighted by Gasteiger charge is -2.12. The van der Waals surface area contributed by atoms with Crippen molar-refractivity contribution in [2.75, 3.05) is 11.9 Å². The van der Waals surface area contributed by atoms with Gasteiger partial charge in [-0.25, -0.2) is 0 Å². The largest absolute Gasteiger partial charge is 0.334 e. The average molecular weight is 327 g/mol. The fourth-order valence-electron chi connectivity index (χ4n) is 1.99. The molecule has 1 aromatic rings. The molecule has 0 radical (unpaired) electrons. The number of rotatable bonds is 3. The van der Waals surface area contributed by atoms with E-state index >= 15 is 0 Å². The third-order valence-corrected chi connectivity index (χ3v) is 5.07. The molecule has 1 aromatic carbocycles. The number of aliphatic imine (C=N–C) groups is 1. The Labute approximate surface area is 122 Å². The van der Waals surface area contributed by atoms with Crippen molar-refractivity contribution in [2.24, 2.45) is 10.9 Å². The molecule has 0 aromatic heterocycles. The van der Waals surface area contributed by atoms with E-state index in [4.69, 9.17) is 0 Å². The van der Waals surface area contributed by atoms with E-state index in [1.165, 1.54) is 12.0 Å². The molecule has 1 aliphatic heterocycles. The van der Waals surface area contributed by atoms with Crippen molar-refractivity contribution < 1.29 is 0 Å². The first-order chi connectivity index (χ1) is 8.56. The van der Waals surface area contributed by atoms with E-state index in [9.17, 15) is 0 Å². The van der Waals surface area contributed by atoms with Gasteiger partial charge >= 0.3 is 0 Å². The molecule has 0 bridgehead atoms. The molecule has 2 rings (SSSR count). The Bertz CT molecular complexity index is 457. The Balaban J connectivity index is 1.97. The number of hydrogen-bond acceptors (Lipinski definition) is 3. The Morgan fingerprint density at radius 1 is 1.50 bits per heavy atom. The summed E-state index contributed by atoms with van der Waals surface area (Å²) in [5.74, 6) is 0.739. The molecule has 4 heteroatoms. The fourth-order valence-corrected chi connectivity index (χ4v) is 3.62. The standard InChI is InChI=1S/C14H19BrN2S/c1-9(2)7-11-8-16-14(18-11)17-12-6-4-5-10(3)13(12)15/h4-6,9,11H,7-8H2,1-3H3,(H,16,17). The summed E-state index contributed by atoms with van der Waals surface area (Å²) in [5, 5.41) is 5.10. The summed E-state index contributed by atoms with van der Waals surface area (Å²) in [7, 11) is 0. The maximum atomic E-state index is 4.58. The number of thioether (sulfide) groups is 1. The minimum Gasteiger partial charge on any atom is -0.334 e. The molecular weight excluding hydrogens is 308 g/mol. The van der Waals surface area contributed by atoms with E-state index < -0.39 is 0 Å². The van der Waals surface area contributed by atoms with Crippen LogP contribution in [-0.4, -0.2) is 17.0 Å². The second kappa shape index (κ2) is 6.11. The molecule has 1 atom stereocenters. The third kappa shape index (κ3) is 3.51. The summed E-state index contributed by atoms with van der Waals surface area (Å²) in [6, 6.07) is 6.24. The molecule has 1 N–H and O–H groups in total. The van der Waals surface area contributed by atoms with Crippen LogP contribution in [0.2, 0.25) is 0 Å². The quantitative estimate of drug-likeness (QED) is 0.871. The van der Waals surface area contributed by atoms with Crippen molar-refractivity contribution in [3.63, 3.8) is 0 Å². The predicted molar refractivity (Wildman–Crippen MR) is 85.6 cm³/mol. The molecule has 1 heterocycles. The molecule has 0 saturated heterocycles. The van der Waals surface area contributed by atoms with Crippen LogP contribution < -0.4 is 5.32 Å². The lowest BCUT2D eigenvalue weighted by atomic mass is 10.1. The first-order valence-corrected chi connectivity index (χ1v) is 7.96. The number of hydrogen-bond donors (Lipinski definition) is 1. The molecular formula is C14H19BrN2S. The Morgan fingerprint density at radius 3 is 3.00 bits per heavy atom. The first kappa shape index (κ1) is 13.9. The normalized spacial score (nSPS) is 19.2. The van der Waals surface area contributed by atoms with Gasteiger partial charge in [-0.3, -0.25) is 4.99 Å². The Kier molecular flexibility index (Phi) is 4.73. The van der Waals surface area contributed by atoms with Gasteiger partial charge in [0.2, 0.25) is 0 Å². The number of nitrogens with one attached hydrogen (secondary N) is 1. The fraction of sp³-hybridized carbons (Fsp3) is 0.500. The van der Waals surface area contributed by atoms with Crippen molar-refractivity contribution in [3.8, 4) is 0 Å². The smallest absolute Gasteiger partial charge is 0.161 e. The van der Waals surface area contributed by atoms with E-state index in [2.05, 4.69) is 65.2 Å². The van der Waals surface area contributed by atoms with Crippen LogP contribution in [-0.2, 0) is 0 Å². The highest BCUT2D eigenvalue weighted by Crippen LogP contribution is 2.31. The van der Waals surface area contributed by atoms with Crippen LogP contribution in [0.15, 0.2) is 27.7 Å². The third-order valence-electron chi connectivity index (χ3n) is 2.88. The van der Waals surface area contributed by atoms with Crippen LogP contribution in [0.4, 0.5) is 5.69 Å². The van der Waals surface area contributed by atoms with Crippen molar-refractivity contribution in [2.45, 2.75) is 32.4 Å². The number of benzene rings is 1. The van der Waals surface area contributed by atoms with Gasteiger partial charge in [0.25, 0.3) is 0 Å². The van der Waals surface area contributed by atoms with Crippen LogP contribution in [0.25, 0.3) is 0 Å². The number of amidine groups is 1. The van der Waals surface area contributed by atoms with Crippen LogP contribution in [0.5, 0.6) is 0 Å². The Morgan fingerprint density at radius 2 is 2.28 bits per heavy atom. The lowest BCUT2D eigenvalue weighted by Crippen LogP contribution is -2.10. The van der Waals surface area contributed by atoms with Gasteiger partial charge < -0.3 is 5.32 Å². The van der Waals surface area contributed by atoms with E-state index in [0.717, 1.165) is 27.8 Å². The average Bonchev–Trinajstić information content (AvgIpc) is 2.71. The van der Waals surface area contributed by atoms with Crippen molar-refractivity contribution in [1.29, 1.82) is 0 Å². The summed E-state index contributed by atoms with van der Waals surface area (Å²) in [4.78, 5) is 4.58. The van der Waals surface area contributed by atoms with Gasteiger partial charge in [-0.1, -0.05) is 37.7 Å². The molecule has 1 aliphatic rings. The zero-order chi connectivity index (χ0) is 13.1. The van der Waals surface area contributed by atoms with Crippen LogP contribution in [0.3, 0.4) is 0 Å². The number of anilines is 1. The van der Waals surface area contributed by atoms with E-state index in [1.807, 2.05) is 11.8 Å². The van der Waals surface area contributed by atoms with Gasteiger partial charge in [0.15, 0.2) is 5.17 Å². The first-order valence-electron chi connectivity index (χ1n) is 6.29. The molecule has 0 spiro atoms. The minimum absolute atomic E-state index is 0.635. The number of nitrogens with zero attached hydrogens (tertiary/aromatic N) is 1. The van der Waals surface area contributed by atoms with Crippen LogP contribution >= 0.6 is 27.7 Å². The molecule has 2 nitrogen and oxygen atoms in total. The highest BCUT2D eigenvalue weighted by atomic mass is 79.9. The highest BCUT2D eigenvalue weighted by Gasteiger charge is 2.21. The van der Waals surface area contributed by atoms with Crippen molar-refractivity contribution in [3.05, 3.63) is 28.2 Å². The van der Waals surface area contributed by atoms with Gasteiger partial charge in [0.1, 0.15) is 0 Å². The number of halogens is 1. The topological polar surface area (TPSA) is 24.4 Å². The summed E-state index contributed by atoms with van der Waals surface area (Å²) < 4.78 is 1.13. The van der Waals surface area contributed by atoms with Gasteiger partial charge in [-0.15, -0.1) is 0 Å². The summed E-state index contributed by atoms with van der Waals surface area (Å²) >= 11 is 5.48. The van der Waals surface area contributed by atoms with Crippen LogP contribution in [0.1, 0.15) is 25.8 Å². The number of aryl methyl sites for hydroxylation is 1. The maximum Gasteiger partial charge on any atom is 0.161 e. The zero-order valence-corrected chi connectivity index (χ0v) is 13.4. The lowest BCUT2D eigenvalue weighted by molar-refractivity contribution is 0.575. The van der Waals surface area contributed by atoms with Gasteiger partial charge in [0, 0.05) is 9.72 Å². The van der Waals surface area contributed by atoms with Gasteiger partial charge in [0.05, 0.1) is 12.2 Å². The SMILES string of the molecule is Cc1cccc(NC2=NCC(CC(C)C)S2)c1Br. The molecule has 18 heavy (non-hydrogen) atoms. The molecule has 98 valence electrons. The summed E-state index contributed by atoms with van der Waals surface area (Å²) in [5.41, 5.74) is 2.34. The van der Waals surface area contributed by atoms with E-state index in [1.54, 1.807) is 0 Å². The predicted octanol–water partition coefficient (Wildman–Crippen LogP) is 4.69. The second-order valence-electron chi connectivity index (χ2n) is 5.08. The van der Waals surface area contributed by atoms with Crippen molar-refractivity contribution >= 4 is 38.5 Å². The van der Waals surface area contributed by atoms with Gasteiger partial charge in [-0.2, -0.15) is 0 Å². The monoisotopic (exact) mass is 326 g/mol. The highest BCUT2D eigenvalue weighted by molar-refractivity contribution is 9.10. The summed E-state index contributed by atoms with van der Waals surface area (Å²) in [6.07, 6.45) is 1.23. The second-order valence-corrected chi connectivity index (χ2v) is 7.16. The minimum atomic E-state index is 0.635. The zero-order valence-electron chi connectivity index (χ0n) is 11.0. The van der Waals surface area contributed by atoms with Gasteiger partial charge in [-0.05, 0) is 46.8 Å². The molecule has 1 unspecified atom stereocenters. The molecule has 0 amide bonds. The molecule has 0 fully saturated rings. The molecule has 0 aliphatic carbocycles. The van der Waals surface area contributed by atoms with E-state index in [-0.39, 0.29) is 0 Å². The molecule has 0 saturated carbocycles. The van der Waals surface area contributed by atoms with E-state index in [0.29, 0.717) is 5.25 Å². The summed E-state index contributed by atoms with van der Waals surface area (Å²) in [6.45, 7) is 7.57. The van der Waals surface area contributed by atoms with Crippen LogP contribution in [0, 0.1) is 12.8 Å². The Hall–Kier alpha value is -0.480. The maximum absolute atomic E-state index is 4.58.